The average molecular weight is 464 g/mol. The first-order valence-electron chi connectivity index (χ1n) is 10.4. The summed E-state index contributed by atoms with van der Waals surface area (Å²) in [6, 6.07) is 12.9. The summed E-state index contributed by atoms with van der Waals surface area (Å²) < 4.78 is 39.1. The van der Waals surface area contributed by atoms with Crippen LogP contribution in [0.25, 0.3) is 5.57 Å². The van der Waals surface area contributed by atoms with E-state index in [0.29, 0.717) is 27.6 Å². The van der Waals surface area contributed by atoms with E-state index < -0.39 is 29.1 Å². The summed E-state index contributed by atoms with van der Waals surface area (Å²) in [4.78, 5) is 27.6. The summed E-state index contributed by atoms with van der Waals surface area (Å²) in [5.74, 6) is -2.34. The second-order valence-electron chi connectivity index (χ2n) is 7.80. The number of amides is 2. The van der Waals surface area contributed by atoms with Crippen LogP contribution in [0.2, 0.25) is 0 Å². The second kappa shape index (κ2) is 8.97. The molecule has 0 bridgehead atoms. The number of carbonyl (C=O) groups is 2. The Balaban J connectivity index is 1.87. The molecule has 3 aromatic carbocycles. The number of carbonyl (C=O) groups excluding carboxylic acids is 2. The molecule has 4 rings (SSSR count). The monoisotopic (exact) mass is 464 g/mol. The van der Waals surface area contributed by atoms with Crippen LogP contribution in [0.15, 0.2) is 60.3 Å². The van der Waals surface area contributed by atoms with Gasteiger partial charge in [-0.25, -0.2) is 13.7 Å². The van der Waals surface area contributed by atoms with Crippen molar-refractivity contribution in [1.29, 1.82) is 0 Å². The zero-order chi connectivity index (χ0) is 24.6. The zero-order valence-electron chi connectivity index (χ0n) is 19.0. The highest BCUT2D eigenvalue weighted by Gasteiger charge is 2.42. The van der Waals surface area contributed by atoms with Gasteiger partial charge in [-0.05, 0) is 49.2 Å². The minimum Gasteiger partial charge on any atom is -0.493 e. The van der Waals surface area contributed by atoms with Crippen LogP contribution in [-0.2, 0) is 9.59 Å². The highest BCUT2D eigenvalue weighted by Crippen LogP contribution is 2.37. The molecule has 1 aliphatic heterocycles. The molecular weight excluding hydrogens is 442 g/mol. The van der Waals surface area contributed by atoms with Crippen molar-refractivity contribution in [2.24, 2.45) is 0 Å². The molecule has 0 saturated heterocycles. The number of benzene rings is 3. The van der Waals surface area contributed by atoms with Crippen LogP contribution >= 0.6 is 0 Å². The lowest BCUT2D eigenvalue weighted by molar-refractivity contribution is -0.120. The van der Waals surface area contributed by atoms with Gasteiger partial charge in [0.15, 0.2) is 11.5 Å². The SMILES string of the molecule is COc1ccc(NC2=C(c3ccc(C)cc3C)C(=O)N(c3cc(F)ccc3F)C2=O)cc1OC. The third-order valence-electron chi connectivity index (χ3n) is 5.54. The van der Waals surface area contributed by atoms with E-state index in [1.165, 1.54) is 14.2 Å². The fourth-order valence-corrected chi connectivity index (χ4v) is 3.92. The van der Waals surface area contributed by atoms with E-state index in [4.69, 9.17) is 9.47 Å². The molecule has 0 aliphatic carbocycles. The number of aryl methyl sites for hydroxylation is 2. The second-order valence-corrected chi connectivity index (χ2v) is 7.80. The van der Waals surface area contributed by atoms with E-state index in [9.17, 15) is 18.4 Å². The van der Waals surface area contributed by atoms with Gasteiger partial charge in [-0.2, -0.15) is 0 Å². The lowest BCUT2D eigenvalue weighted by Crippen LogP contribution is -2.33. The number of hydrogen-bond acceptors (Lipinski definition) is 5. The molecule has 0 fully saturated rings. The summed E-state index contributed by atoms with van der Waals surface area (Å²) in [7, 11) is 2.97. The maximum absolute atomic E-state index is 14.6. The van der Waals surface area contributed by atoms with Gasteiger partial charge in [0.25, 0.3) is 11.8 Å². The van der Waals surface area contributed by atoms with Crippen LogP contribution < -0.4 is 19.7 Å². The summed E-state index contributed by atoms with van der Waals surface area (Å²) in [6.45, 7) is 3.72. The van der Waals surface area contributed by atoms with E-state index in [-0.39, 0.29) is 11.3 Å². The third kappa shape index (κ3) is 3.98. The summed E-state index contributed by atoms with van der Waals surface area (Å²) >= 11 is 0. The number of ether oxygens (including phenoxy) is 2. The Hall–Kier alpha value is -4.20. The van der Waals surface area contributed by atoms with Gasteiger partial charge in [-0.15, -0.1) is 0 Å². The molecule has 1 heterocycles. The maximum atomic E-state index is 14.6. The van der Waals surface area contributed by atoms with E-state index in [0.717, 1.165) is 29.3 Å². The number of rotatable bonds is 6. The quantitative estimate of drug-likeness (QED) is 0.521. The number of nitrogens with zero attached hydrogens (tertiary/aromatic N) is 1. The topological polar surface area (TPSA) is 67.9 Å². The number of nitrogens with one attached hydrogen (secondary N) is 1. The Morgan fingerprint density at radius 1 is 0.824 bits per heavy atom. The number of anilines is 2. The van der Waals surface area contributed by atoms with Gasteiger partial charge in [0.2, 0.25) is 0 Å². The maximum Gasteiger partial charge on any atom is 0.282 e. The first kappa shape index (κ1) is 23.0. The molecule has 2 amide bonds. The molecule has 1 aliphatic rings. The average Bonchev–Trinajstić information content (AvgIpc) is 3.04. The Morgan fingerprint density at radius 2 is 1.56 bits per heavy atom. The van der Waals surface area contributed by atoms with Gasteiger partial charge in [-0.3, -0.25) is 9.59 Å². The third-order valence-corrected chi connectivity index (χ3v) is 5.54. The standard InChI is InChI=1S/C26H22F2N2O4/c1-14-5-8-18(15(2)11-14)23-24(29-17-7-10-21(33-3)22(13-17)34-4)26(32)30(25(23)31)20-12-16(27)6-9-19(20)28/h5-13,29H,1-4H3. The molecule has 174 valence electrons. The van der Waals surface area contributed by atoms with E-state index in [1.807, 2.05) is 26.0 Å². The highest BCUT2D eigenvalue weighted by atomic mass is 19.1. The normalized spacial score (nSPS) is 13.5. The number of hydrogen-bond donors (Lipinski definition) is 1. The van der Waals surface area contributed by atoms with Crippen molar-refractivity contribution in [3.63, 3.8) is 0 Å². The predicted molar refractivity (Wildman–Crippen MR) is 125 cm³/mol. The van der Waals surface area contributed by atoms with Gasteiger partial charge < -0.3 is 14.8 Å². The molecule has 0 saturated carbocycles. The number of imide groups is 1. The van der Waals surface area contributed by atoms with Crippen LogP contribution in [0.5, 0.6) is 11.5 Å². The smallest absolute Gasteiger partial charge is 0.282 e. The largest absolute Gasteiger partial charge is 0.493 e. The molecule has 3 aromatic rings. The number of methoxy groups -OCH3 is 2. The molecule has 1 N–H and O–H groups in total. The highest BCUT2D eigenvalue weighted by molar-refractivity contribution is 6.46. The predicted octanol–water partition coefficient (Wildman–Crippen LogP) is 5.00. The molecule has 0 unspecified atom stereocenters. The van der Waals surface area contributed by atoms with Crippen LogP contribution in [0, 0.1) is 25.5 Å². The van der Waals surface area contributed by atoms with Crippen LogP contribution in [0.3, 0.4) is 0 Å². The molecule has 34 heavy (non-hydrogen) atoms. The van der Waals surface area contributed by atoms with Crippen molar-refractivity contribution in [3.05, 3.63) is 88.6 Å². The lowest BCUT2D eigenvalue weighted by Gasteiger charge is -2.16. The fourth-order valence-electron chi connectivity index (χ4n) is 3.92. The van der Waals surface area contributed by atoms with Crippen LogP contribution in [0.4, 0.5) is 20.2 Å². The molecule has 0 aromatic heterocycles. The Labute approximate surface area is 195 Å². The van der Waals surface area contributed by atoms with Crippen molar-refractivity contribution in [1.82, 2.24) is 0 Å². The molecular formula is C26H22F2N2O4. The van der Waals surface area contributed by atoms with Gasteiger partial charge in [0.05, 0.1) is 25.5 Å². The Bertz CT molecular complexity index is 1350. The minimum absolute atomic E-state index is 0.0564. The van der Waals surface area contributed by atoms with Crippen molar-refractivity contribution >= 4 is 28.8 Å². The first-order chi connectivity index (χ1) is 16.2. The van der Waals surface area contributed by atoms with Crippen LogP contribution in [-0.4, -0.2) is 26.0 Å². The van der Waals surface area contributed by atoms with Crippen molar-refractivity contribution in [2.75, 3.05) is 24.4 Å². The Morgan fingerprint density at radius 3 is 2.24 bits per heavy atom. The van der Waals surface area contributed by atoms with Gasteiger partial charge in [0.1, 0.15) is 17.3 Å². The van der Waals surface area contributed by atoms with Crippen molar-refractivity contribution in [2.45, 2.75) is 13.8 Å². The van der Waals surface area contributed by atoms with Gasteiger partial charge >= 0.3 is 0 Å². The lowest BCUT2D eigenvalue weighted by atomic mass is 9.97. The summed E-state index contributed by atoms with van der Waals surface area (Å²) in [6.07, 6.45) is 0. The fraction of sp³-hybridized carbons (Fsp3) is 0.154. The summed E-state index contributed by atoms with van der Waals surface area (Å²) in [5.41, 5.74) is 2.21. The van der Waals surface area contributed by atoms with E-state index >= 15 is 0 Å². The molecule has 0 radical (unpaired) electrons. The van der Waals surface area contributed by atoms with Crippen molar-refractivity contribution in [3.8, 4) is 11.5 Å². The summed E-state index contributed by atoms with van der Waals surface area (Å²) in [5, 5.41) is 2.99. The van der Waals surface area contributed by atoms with Gasteiger partial charge in [-0.1, -0.05) is 23.8 Å². The van der Waals surface area contributed by atoms with Crippen molar-refractivity contribution < 1.29 is 27.8 Å². The van der Waals surface area contributed by atoms with Gasteiger partial charge in [0, 0.05) is 17.8 Å². The molecule has 6 nitrogen and oxygen atoms in total. The van der Waals surface area contributed by atoms with E-state index in [2.05, 4.69) is 5.32 Å². The first-order valence-corrected chi connectivity index (χ1v) is 10.4. The Kier molecular flexibility index (Phi) is 6.06. The minimum atomic E-state index is -0.893. The molecule has 8 heteroatoms. The zero-order valence-corrected chi connectivity index (χ0v) is 19.0. The molecule has 0 atom stereocenters. The van der Waals surface area contributed by atoms with E-state index in [1.54, 1.807) is 24.3 Å². The molecule has 0 spiro atoms. The number of halogens is 2. The van der Waals surface area contributed by atoms with Crippen LogP contribution in [0.1, 0.15) is 16.7 Å².